The highest BCUT2D eigenvalue weighted by atomic mass is 16.5. The van der Waals surface area contributed by atoms with Gasteiger partial charge in [-0.3, -0.25) is 4.79 Å². The fraction of sp³-hybridized carbons (Fsp3) is 0.857. The highest BCUT2D eigenvalue weighted by Gasteiger charge is 2.22. The number of hydrogen-bond acceptors (Lipinski definition) is 3. The molecule has 1 unspecified atom stereocenters. The summed E-state index contributed by atoms with van der Waals surface area (Å²) in [6, 6.07) is 0.230. The fourth-order valence-electron chi connectivity index (χ4n) is 2.47. The van der Waals surface area contributed by atoms with Crippen molar-refractivity contribution in [3.8, 4) is 0 Å². The van der Waals surface area contributed by atoms with Crippen molar-refractivity contribution in [2.24, 2.45) is 5.92 Å². The Bertz CT molecular complexity index is 301. The first-order valence-electron chi connectivity index (χ1n) is 7.21. The van der Waals surface area contributed by atoms with Crippen molar-refractivity contribution in [1.82, 2.24) is 10.2 Å². The third kappa shape index (κ3) is 5.09. The second-order valence-electron chi connectivity index (χ2n) is 5.25. The molecule has 0 bridgehead atoms. The van der Waals surface area contributed by atoms with Crippen LogP contribution in [0.3, 0.4) is 0 Å². The van der Waals surface area contributed by atoms with E-state index in [0.29, 0.717) is 19.1 Å². The lowest BCUT2D eigenvalue weighted by molar-refractivity contribution is -0.145. The van der Waals surface area contributed by atoms with Crippen LogP contribution in [0.1, 0.15) is 46.0 Å². The number of carbonyl (C=O) groups excluding carboxylic acids is 2. The maximum Gasteiger partial charge on any atom is 0.317 e. The molecule has 0 saturated heterocycles. The molecule has 0 heterocycles. The molecule has 5 nitrogen and oxygen atoms in total. The average Bonchev–Trinajstić information content (AvgIpc) is 2.44. The van der Waals surface area contributed by atoms with Gasteiger partial charge in [-0.15, -0.1) is 0 Å². The second kappa shape index (κ2) is 8.02. The summed E-state index contributed by atoms with van der Waals surface area (Å²) >= 11 is 0. The van der Waals surface area contributed by atoms with Crippen LogP contribution in [0.4, 0.5) is 4.79 Å². The molecule has 1 N–H and O–H groups in total. The van der Waals surface area contributed by atoms with Crippen LogP contribution in [0.15, 0.2) is 0 Å². The number of methoxy groups -OCH3 is 1. The number of hydrogen-bond donors (Lipinski definition) is 1. The van der Waals surface area contributed by atoms with Crippen LogP contribution in [0.2, 0.25) is 0 Å². The third-order valence-electron chi connectivity index (χ3n) is 3.70. The van der Waals surface area contributed by atoms with Crippen molar-refractivity contribution >= 4 is 12.0 Å². The molecule has 0 aromatic carbocycles. The topological polar surface area (TPSA) is 58.6 Å². The zero-order valence-corrected chi connectivity index (χ0v) is 12.3. The van der Waals surface area contributed by atoms with E-state index in [1.807, 2.05) is 6.92 Å². The van der Waals surface area contributed by atoms with Crippen molar-refractivity contribution in [2.75, 3.05) is 20.2 Å². The molecule has 5 heteroatoms. The normalized spacial score (nSPS) is 17.6. The van der Waals surface area contributed by atoms with Crippen LogP contribution < -0.4 is 5.32 Å². The molecule has 1 fully saturated rings. The lowest BCUT2D eigenvalue weighted by Crippen LogP contribution is -2.47. The first kappa shape index (κ1) is 15.8. The van der Waals surface area contributed by atoms with Crippen LogP contribution in [-0.4, -0.2) is 43.1 Å². The highest BCUT2D eigenvalue weighted by Crippen LogP contribution is 2.17. The summed E-state index contributed by atoms with van der Waals surface area (Å²) in [7, 11) is 1.37. The van der Waals surface area contributed by atoms with E-state index >= 15 is 0 Å². The molecule has 0 aromatic rings. The van der Waals surface area contributed by atoms with Crippen molar-refractivity contribution in [3.63, 3.8) is 0 Å². The lowest BCUT2D eigenvalue weighted by Gasteiger charge is -2.28. The number of urea groups is 1. The molecule has 0 aromatic heterocycles. The van der Waals surface area contributed by atoms with Crippen LogP contribution >= 0.6 is 0 Å². The van der Waals surface area contributed by atoms with Gasteiger partial charge in [0.2, 0.25) is 0 Å². The Balaban J connectivity index is 2.44. The molecule has 1 aliphatic carbocycles. The van der Waals surface area contributed by atoms with Gasteiger partial charge in [-0.05, 0) is 19.8 Å². The van der Waals surface area contributed by atoms with E-state index in [1.54, 1.807) is 11.8 Å². The van der Waals surface area contributed by atoms with Crippen LogP contribution in [0.5, 0.6) is 0 Å². The fourth-order valence-corrected chi connectivity index (χ4v) is 2.47. The summed E-state index contributed by atoms with van der Waals surface area (Å²) in [5.41, 5.74) is 0. The average molecular weight is 270 g/mol. The third-order valence-corrected chi connectivity index (χ3v) is 3.70. The summed E-state index contributed by atoms with van der Waals surface area (Å²) in [5.74, 6) is -0.564. The summed E-state index contributed by atoms with van der Waals surface area (Å²) in [4.78, 5) is 25.2. The number of rotatable bonds is 5. The Morgan fingerprint density at radius 3 is 2.47 bits per heavy atom. The molecule has 0 aliphatic heterocycles. The molecule has 1 aliphatic rings. The van der Waals surface area contributed by atoms with Crippen LogP contribution in [0.25, 0.3) is 0 Å². The van der Waals surface area contributed by atoms with Crippen LogP contribution in [0, 0.1) is 5.92 Å². The number of nitrogens with one attached hydrogen (secondary N) is 1. The Morgan fingerprint density at radius 2 is 1.95 bits per heavy atom. The predicted octanol–water partition coefficient (Wildman–Crippen LogP) is 2.16. The summed E-state index contributed by atoms with van der Waals surface area (Å²) in [6.45, 7) is 4.70. The number of esters is 1. The van der Waals surface area contributed by atoms with Gasteiger partial charge < -0.3 is 15.0 Å². The molecular weight excluding hydrogens is 244 g/mol. The number of nitrogens with zero attached hydrogens (tertiary/aromatic N) is 1. The standard InChI is InChI=1S/C14H26N2O3/c1-4-16(10-11(2)13(17)19-3)14(18)15-12-8-6-5-7-9-12/h11-12H,4-10H2,1-3H3,(H,15,18). The van der Waals surface area contributed by atoms with Crippen LogP contribution in [-0.2, 0) is 9.53 Å². The summed E-state index contributed by atoms with van der Waals surface area (Å²) in [5, 5.41) is 3.07. The molecule has 0 radical (unpaired) electrons. The first-order chi connectivity index (χ1) is 9.08. The Labute approximate surface area is 115 Å². The van der Waals surface area contributed by atoms with Gasteiger partial charge in [-0.1, -0.05) is 26.2 Å². The van der Waals surface area contributed by atoms with Gasteiger partial charge >= 0.3 is 12.0 Å². The Morgan fingerprint density at radius 1 is 1.32 bits per heavy atom. The largest absolute Gasteiger partial charge is 0.469 e. The van der Waals surface area contributed by atoms with Crippen molar-refractivity contribution in [3.05, 3.63) is 0 Å². The predicted molar refractivity (Wildman–Crippen MR) is 73.8 cm³/mol. The van der Waals surface area contributed by atoms with E-state index in [1.165, 1.54) is 26.4 Å². The quantitative estimate of drug-likeness (QED) is 0.779. The molecule has 1 rings (SSSR count). The minimum absolute atomic E-state index is 0.0647. The monoisotopic (exact) mass is 270 g/mol. The van der Waals surface area contributed by atoms with Gasteiger partial charge in [0.15, 0.2) is 0 Å². The number of ether oxygens (including phenoxy) is 1. The molecule has 0 spiro atoms. The molecule has 1 saturated carbocycles. The maximum absolute atomic E-state index is 12.2. The van der Waals surface area contributed by atoms with E-state index in [4.69, 9.17) is 0 Å². The SMILES string of the molecule is CCN(CC(C)C(=O)OC)C(=O)NC1CCCCC1. The van der Waals surface area contributed by atoms with Gasteiger partial charge in [-0.25, -0.2) is 4.79 Å². The Kier molecular flexibility index (Phi) is 6.67. The van der Waals surface area contributed by atoms with E-state index in [0.717, 1.165) is 12.8 Å². The first-order valence-corrected chi connectivity index (χ1v) is 7.21. The second-order valence-corrected chi connectivity index (χ2v) is 5.25. The maximum atomic E-state index is 12.2. The molecule has 110 valence electrons. The molecular formula is C14H26N2O3. The minimum Gasteiger partial charge on any atom is -0.469 e. The van der Waals surface area contributed by atoms with Gasteiger partial charge in [0.25, 0.3) is 0 Å². The smallest absolute Gasteiger partial charge is 0.317 e. The van der Waals surface area contributed by atoms with E-state index < -0.39 is 0 Å². The van der Waals surface area contributed by atoms with Gasteiger partial charge in [0.05, 0.1) is 13.0 Å². The zero-order chi connectivity index (χ0) is 14.3. The van der Waals surface area contributed by atoms with Gasteiger partial charge in [0.1, 0.15) is 0 Å². The minimum atomic E-state index is -0.290. The van der Waals surface area contributed by atoms with Crippen molar-refractivity contribution < 1.29 is 14.3 Å². The molecule has 2 amide bonds. The molecule has 19 heavy (non-hydrogen) atoms. The zero-order valence-electron chi connectivity index (χ0n) is 12.3. The highest BCUT2D eigenvalue weighted by molar-refractivity contribution is 5.76. The molecule has 1 atom stereocenters. The number of carbonyl (C=O) groups is 2. The lowest BCUT2D eigenvalue weighted by atomic mass is 9.96. The van der Waals surface area contributed by atoms with E-state index in [-0.39, 0.29) is 17.9 Å². The van der Waals surface area contributed by atoms with E-state index in [2.05, 4.69) is 10.1 Å². The Hall–Kier alpha value is -1.26. The van der Waals surface area contributed by atoms with E-state index in [9.17, 15) is 9.59 Å². The van der Waals surface area contributed by atoms with Gasteiger partial charge in [-0.2, -0.15) is 0 Å². The summed E-state index contributed by atoms with van der Waals surface area (Å²) < 4.78 is 4.69. The summed E-state index contributed by atoms with van der Waals surface area (Å²) in [6.07, 6.45) is 5.78. The van der Waals surface area contributed by atoms with Crippen molar-refractivity contribution in [1.29, 1.82) is 0 Å². The van der Waals surface area contributed by atoms with Gasteiger partial charge in [0, 0.05) is 19.1 Å². The van der Waals surface area contributed by atoms with Crippen molar-refractivity contribution in [2.45, 2.75) is 52.0 Å². The number of amides is 2.